The van der Waals surface area contributed by atoms with Gasteiger partial charge in [0.2, 0.25) is 0 Å². The van der Waals surface area contributed by atoms with Gasteiger partial charge in [-0.05, 0) is 25.0 Å². The van der Waals surface area contributed by atoms with Crippen LogP contribution in [0.15, 0.2) is 23.7 Å². The van der Waals surface area contributed by atoms with Crippen LogP contribution in [0.2, 0.25) is 0 Å². The average molecular weight is 270 g/mol. The Hall–Kier alpha value is -1.88. The number of rotatable bonds is 3. The largest absolute Gasteiger partial charge is 0.387 e. The molecule has 0 aliphatic heterocycles. The molecule has 0 bridgehead atoms. The van der Waals surface area contributed by atoms with Crippen molar-refractivity contribution in [3.05, 3.63) is 29.4 Å². The Morgan fingerprint density at radius 1 is 1.42 bits per heavy atom. The first-order valence-corrected chi connectivity index (χ1v) is 7.34. The van der Waals surface area contributed by atoms with Gasteiger partial charge in [-0.3, -0.25) is 0 Å². The molecule has 2 N–H and O–H groups in total. The predicted molar refractivity (Wildman–Crippen MR) is 78.7 cm³/mol. The second-order valence-electron chi connectivity index (χ2n) is 4.91. The molecule has 3 aromatic rings. The maximum atomic E-state index is 4.73. The lowest BCUT2D eigenvalue weighted by Gasteiger charge is -1.98. The fraction of sp³-hybridized carbons (Fsp3) is 0.286. The number of fused-ring (bicyclic) bond motifs is 1. The number of pyridine rings is 1. The Balaban J connectivity index is 1.81. The van der Waals surface area contributed by atoms with Crippen LogP contribution in [-0.4, -0.2) is 22.0 Å². The number of thiazole rings is 1. The highest BCUT2D eigenvalue weighted by molar-refractivity contribution is 7.13. The molecule has 0 aromatic carbocycles. The fourth-order valence-corrected chi connectivity index (χ4v) is 3.21. The summed E-state index contributed by atoms with van der Waals surface area (Å²) in [5.41, 5.74) is 4.30. The summed E-state index contributed by atoms with van der Waals surface area (Å²) < 4.78 is 0. The Kier molecular flexibility index (Phi) is 2.35. The molecule has 0 spiro atoms. The fourth-order valence-electron chi connectivity index (χ4n) is 2.34. The van der Waals surface area contributed by atoms with E-state index in [1.165, 1.54) is 18.5 Å². The van der Waals surface area contributed by atoms with E-state index in [1.807, 2.05) is 19.3 Å². The first kappa shape index (κ1) is 11.0. The van der Waals surface area contributed by atoms with Crippen molar-refractivity contribution < 1.29 is 0 Å². The van der Waals surface area contributed by atoms with Crippen LogP contribution in [0.1, 0.15) is 24.5 Å². The summed E-state index contributed by atoms with van der Waals surface area (Å²) in [5.74, 6) is 0.709. The number of hydrogen-bond donors (Lipinski definition) is 2. The van der Waals surface area contributed by atoms with Gasteiger partial charge in [0, 0.05) is 35.6 Å². The number of nitrogens with zero attached hydrogens (tertiary/aromatic N) is 2. The van der Waals surface area contributed by atoms with E-state index in [-0.39, 0.29) is 0 Å². The highest BCUT2D eigenvalue weighted by Crippen LogP contribution is 2.41. The van der Waals surface area contributed by atoms with E-state index in [4.69, 9.17) is 4.98 Å². The number of hydrogen-bond acceptors (Lipinski definition) is 4. The highest BCUT2D eigenvalue weighted by Gasteiger charge is 2.26. The van der Waals surface area contributed by atoms with Crippen LogP contribution in [0.3, 0.4) is 0 Å². The van der Waals surface area contributed by atoms with Gasteiger partial charge in [-0.2, -0.15) is 0 Å². The number of anilines is 1. The summed E-state index contributed by atoms with van der Waals surface area (Å²) in [6.45, 7) is 0. The third kappa shape index (κ3) is 1.81. The van der Waals surface area contributed by atoms with Gasteiger partial charge in [-0.1, -0.05) is 0 Å². The maximum absolute atomic E-state index is 4.73. The van der Waals surface area contributed by atoms with Gasteiger partial charge >= 0.3 is 0 Å². The molecular weight excluding hydrogens is 256 g/mol. The lowest BCUT2D eigenvalue weighted by Crippen LogP contribution is -1.88. The van der Waals surface area contributed by atoms with Crippen molar-refractivity contribution >= 4 is 28.1 Å². The van der Waals surface area contributed by atoms with Gasteiger partial charge in [-0.15, -0.1) is 11.3 Å². The number of aromatic nitrogens is 3. The summed E-state index contributed by atoms with van der Waals surface area (Å²) >= 11 is 1.71. The SMILES string of the molecule is CNc1ccnc2[nH]c(-c3nc(C4CC4)cs3)cc12. The smallest absolute Gasteiger partial charge is 0.140 e. The molecule has 19 heavy (non-hydrogen) atoms. The van der Waals surface area contributed by atoms with E-state index in [1.54, 1.807) is 11.3 Å². The molecule has 0 atom stereocenters. The zero-order valence-corrected chi connectivity index (χ0v) is 11.4. The molecule has 0 radical (unpaired) electrons. The van der Waals surface area contributed by atoms with Crippen LogP contribution in [0.4, 0.5) is 5.69 Å². The van der Waals surface area contributed by atoms with E-state index in [9.17, 15) is 0 Å². The molecule has 1 aliphatic rings. The number of H-pyrrole nitrogens is 1. The molecule has 0 unspecified atom stereocenters. The van der Waals surface area contributed by atoms with Crippen LogP contribution in [-0.2, 0) is 0 Å². The van der Waals surface area contributed by atoms with E-state index in [2.05, 4.69) is 26.7 Å². The van der Waals surface area contributed by atoms with Crippen LogP contribution >= 0.6 is 11.3 Å². The topological polar surface area (TPSA) is 53.6 Å². The minimum atomic E-state index is 0.709. The van der Waals surface area contributed by atoms with Gasteiger partial charge in [0.1, 0.15) is 10.7 Å². The first-order valence-electron chi connectivity index (χ1n) is 6.46. The standard InChI is InChI=1S/C14H14N4S/c1-15-10-4-5-16-13-9(10)6-11(17-13)14-18-12(7-19-14)8-2-3-8/h4-8H,2-3H2,1H3,(H2,15,16,17). The van der Waals surface area contributed by atoms with Crippen molar-refractivity contribution in [2.75, 3.05) is 12.4 Å². The minimum Gasteiger partial charge on any atom is -0.387 e. The zero-order chi connectivity index (χ0) is 12.8. The van der Waals surface area contributed by atoms with Crippen molar-refractivity contribution in [2.24, 2.45) is 0 Å². The zero-order valence-electron chi connectivity index (χ0n) is 10.6. The summed E-state index contributed by atoms with van der Waals surface area (Å²) in [5, 5.41) is 7.55. The predicted octanol–water partition coefficient (Wildman–Crippen LogP) is 3.61. The number of nitrogens with one attached hydrogen (secondary N) is 2. The third-order valence-corrected chi connectivity index (χ3v) is 4.44. The Bertz CT molecular complexity index is 739. The van der Waals surface area contributed by atoms with Crippen molar-refractivity contribution in [1.82, 2.24) is 15.0 Å². The van der Waals surface area contributed by atoms with Crippen molar-refractivity contribution in [3.63, 3.8) is 0 Å². The normalized spacial score (nSPS) is 15.0. The quantitative estimate of drug-likeness (QED) is 0.764. The molecule has 4 nitrogen and oxygen atoms in total. The second kappa shape index (κ2) is 4.06. The molecule has 3 aromatic heterocycles. The summed E-state index contributed by atoms with van der Waals surface area (Å²) in [7, 11) is 1.93. The lowest BCUT2D eigenvalue weighted by atomic mass is 10.2. The summed E-state index contributed by atoms with van der Waals surface area (Å²) in [6.07, 6.45) is 4.40. The molecule has 3 heterocycles. The van der Waals surface area contributed by atoms with Gasteiger partial charge in [0.05, 0.1) is 11.4 Å². The van der Waals surface area contributed by atoms with Gasteiger partial charge < -0.3 is 10.3 Å². The highest BCUT2D eigenvalue weighted by atomic mass is 32.1. The van der Waals surface area contributed by atoms with Crippen LogP contribution < -0.4 is 5.32 Å². The van der Waals surface area contributed by atoms with Crippen molar-refractivity contribution in [3.8, 4) is 10.7 Å². The average Bonchev–Trinajstić information content (AvgIpc) is 3.02. The monoisotopic (exact) mass is 270 g/mol. The van der Waals surface area contributed by atoms with E-state index in [0.29, 0.717) is 5.92 Å². The van der Waals surface area contributed by atoms with Crippen LogP contribution in [0.5, 0.6) is 0 Å². The molecule has 4 rings (SSSR count). The van der Waals surface area contributed by atoms with E-state index < -0.39 is 0 Å². The summed E-state index contributed by atoms with van der Waals surface area (Å²) in [4.78, 5) is 12.5. The molecule has 0 amide bonds. The lowest BCUT2D eigenvalue weighted by molar-refractivity contribution is 1.05. The second-order valence-corrected chi connectivity index (χ2v) is 5.76. The summed E-state index contributed by atoms with van der Waals surface area (Å²) in [6, 6.07) is 4.11. The van der Waals surface area contributed by atoms with Crippen molar-refractivity contribution in [2.45, 2.75) is 18.8 Å². The molecular formula is C14H14N4S. The van der Waals surface area contributed by atoms with Gasteiger partial charge in [-0.25, -0.2) is 9.97 Å². The van der Waals surface area contributed by atoms with Crippen LogP contribution in [0.25, 0.3) is 21.7 Å². The maximum Gasteiger partial charge on any atom is 0.140 e. The van der Waals surface area contributed by atoms with Gasteiger partial charge in [0.25, 0.3) is 0 Å². The molecule has 5 heteroatoms. The molecule has 96 valence electrons. The van der Waals surface area contributed by atoms with E-state index >= 15 is 0 Å². The molecule has 1 fully saturated rings. The third-order valence-electron chi connectivity index (χ3n) is 3.55. The Morgan fingerprint density at radius 3 is 3.11 bits per heavy atom. The molecule has 1 saturated carbocycles. The Morgan fingerprint density at radius 2 is 2.32 bits per heavy atom. The minimum absolute atomic E-state index is 0.709. The molecule has 0 saturated heterocycles. The van der Waals surface area contributed by atoms with E-state index in [0.717, 1.165) is 27.4 Å². The van der Waals surface area contributed by atoms with Gasteiger partial charge in [0.15, 0.2) is 0 Å². The first-order chi connectivity index (χ1) is 9.35. The van der Waals surface area contributed by atoms with Crippen molar-refractivity contribution in [1.29, 1.82) is 0 Å². The Labute approximate surface area is 114 Å². The van der Waals surface area contributed by atoms with Crippen LogP contribution in [0, 0.1) is 0 Å². The molecule has 1 aliphatic carbocycles. The number of aromatic amines is 1.